The summed E-state index contributed by atoms with van der Waals surface area (Å²) in [6, 6.07) is 2.99. The van der Waals surface area contributed by atoms with E-state index in [0.29, 0.717) is 5.69 Å². The first-order chi connectivity index (χ1) is 11.4. The number of amides is 1. The molecule has 0 radical (unpaired) electrons. The van der Waals surface area contributed by atoms with Crippen LogP contribution in [0.1, 0.15) is 49.4 Å². The molecule has 1 aromatic rings. The number of benzene rings is 1. The fourth-order valence-corrected chi connectivity index (χ4v) is 2.90. The summed E-state index contributed by atoms with van der Waals surface area (Å²) in [5.74, 6) is -0.724. The molecular weight excluding hydrogens is 332 g/mol. The minimum absolute atomic E-state index is 0.133. The highest BCUT2D eigenvalue weighted by atomic mass is 35.5. The van der Waals surface area contributed by atoms with Gasteiger partial charge in [-0.1, -0.05) is 30.9 Å². The van der Waals surface area contributed by atoms with Crippen LogP contribution in [-0.4, -0.2) is 31.1 Å². The standard InChI is InChI=1S/C17H23ClN2O4/c1-10(16(21)20-11-6-4-3-5-7-11)24-17(22)12-8-13(18)14(19)9-15(12)23-2/h8-11H,3-7,19H2,1-2H3,(H,20,21). The Morgan fingerprint density at radius 3 is 2.58 bits per heavy atom. The summed E-state index contributed by atoms with van der Waals surface area (Å²) in [6.45, 7) is 1.54. The molecule has 2 rings (SSSR count). The van der Waals surface area contributed by atoms with E-state index in [1.165, 1.54) is 25.7 Å². The third kappa shape index (κ3) is 4.54. The summed E-state index contributed by atoms with van der Waals surface area (Å²) in [5.41, 5.74) is 6.12. The second kappa shape index (κ2) is 8.24. The van der Waals surface area contributed by atoms with Gasteiger partial charge in [0.2, 0.25) is 0 Å². The molecule has 1 aromatic carbocycles. The van der Waals surface area contributed by atoms with Crippen molar-refractivity contribution in [2.45, 2.75) is 51.2 Å². The summed E-state index contributed by atoms with van der Waals surface area (Å²) >= 11 is 5.95. The number of ether oxygens (including phenoxy) is 2. The second-order valence-electron chi connectivity index (χ2n) is 5.97. The highest BCUT2D eigenvalue weighted by Crippen LogP contribution is 2.29. The molecule has 1 amide bonds. The Morgan fingerprint density at radius 2 is 1.96 bits per heavy atom. The summed E-state index contributed by atoms with van der Waals surface area (Å²) in [4.78, 5) is 24.5. The van der Waals surface area contributed by atoms with Gasteiger partial charge in [0.1, 0.15) is 11.3 Å². The second-order valence-corrected chi connectivity index (χ2v) is 6.37. The van der Waals surface area contributed by atoms with Gasteiger partial charge in [0.25, 0.3) is 5.91 Å². The number of anilines is 1. The van der Waals surface area contributed by atoms with Crippen LogP contribution in [0.2, 0.25) is 5.02 Å². The molecule has 1 fully saturated rings. The predicted molar refractivity (Wildman–Crippen MR) is 92.3 cm³/mol. The predicted octanol–water partition coefficient (Wildman–Crippen LogP) is 2.93. The summed E-state index contributed by atoms with van der Waals surface area (Å²) < 4.78 is 10.4. The van der Waals surface area contributed by atoms with Crippen molar-refractivity contribution < 1.29 is 19.1 Å². The zero-order chi connectivity index (χ0) is 17.7. The van der Waals surface area contributed by atoms with Crippen LogP contribution >= 0.6 is 11.6 Å². The Kier molecular flexibility index (Phi) is 6.31. The number of hydrogen-bond acceptors (Lipinski definition) is 5. The topological polar surface area (TPSA) is 90.7 Å². The maximum atomic E-state index is 12.3. The maximum absolute atomic E-state index is 12.3. The highest BCUT2D eigenvalue weighted by Gasteiger charge is 2.24. The number of hydrogen-bond donors (Lipinski definition) is 2. The zero-order valence-electron chi connectivity index (χ0n) is 13.9. The van der Waals surface area contributed by atoms with Gasteiger partial charge in [-0.3, -0.25) is 4.79 Å². The molecule has 132 valence electrons. The molecule has 0 bridgehead atoms. The van der Waals surface area contributed by atoms with Crippen LogP contribution in [-0.2, 0) is 9.53 Å². The lowest BCUT2D eigenvalue weighted by Gasteiger charge is -2.24. The van der Waals surface area contributed by atoms with Crippen molar-refractivity contribution >= 4 is 29.2 Å². The third-order valence-corrected chi connectivity index (χ3v) is 4.47. The average molecular weight is 355 g/mol. The number of nitrogen functional groups attached to an aromatic ring is 1. The monoisotopic (exact) mass is 354 g/mol. The Labute approximate surface area is 146 Å². The molecule has 6 nitrogen and oxygen atoms in total. The molecule has 7 heteroatoms. The van der Waals surface area contributed by atoms with Crippen LogP contribution in [0.3, 0.4) is 0 Å². The van der Waals surface area contributed by atoms with E-state index >= 15 is 0 Å². The van der Waals surface area contributed by atoms with Crippen molar-refractivity contribution in [3.63, 3.8) is 0 Å². The van der Waals surface area contributed by atoms with Crippen LogP contribution in [0.15, 0.2) is 12.1 Å². The fraction of sp³-hybridized carbons (Fsp3) is 0.529. The molecule has 1 aliphatic carbocycles. The van der Waals surface area contributed by atoms with Gasteiger partial charge >= 0.3 is 5.97 Å². The fourth-order valence-electron chi connectivity index (χ4n) is 2.74. The first kappa shape index (κ1) is 18.4. The molecule has 0 saturated heterocycles. The van der Waals surface area contributed by atoms with Gasteiger partial charge < -0.3 is 20.5 Å². The largest absolute Gasteiger partial charge is 0.496 e. The number of carbonyl (C=O) groups is 2. The summed E-state index contributed by atoms with van der Waals surface area (Å²) in [5, 5.41) is 3.16. The number of nitrogens with one attached hydrogen (secondary N) is 1. The SMILES string of the molecule is COc1cc(N)c(Cl)cc1C(=O)OC(C)C(=O)NC1CCCCC1. The Balaban J connectivity index is 2.00. The van der Waals surface area contributed by atoms with Gasteiger partial charge in [-0.15, -0.1) is 0 Å². The Morgan fingerprint density at radius 1 is 1.29 bits per heavy atom. The first-order valence-electron chi connectivity index (χ1n) is 8.06. The molecule has 0 aliphatic heterocycles. The van der Waals surface area contributed by atoms with Crippen LogP contribution in [0, 0.1) is 0 Å². The molecule has 1 atom stereocenters. The first-order valence-corrected chi connectivity index (χ1v) is 8.44. The lowest BCUT2D eigenvalue weighted by Crippen LogP contribution is -2.42. The van der Waals surface area contributed by atoms with E-state index in [-0.39, 0.29) is 28.3 Å². The van der Waals surface area contributed by atoms with Crippen molar-refractivity contribution in [3.8, 4) is 5.75 Å². The molecule has 1 saturated carbocycles. The maximum Gasteiger partial charge on any atom is 0.342 e. The minimum atomic E-state index is -0.902. The number of halogens is 1. The number of esters is 1. The van der Waals surface area contributed by atoms with Gasteiger partial charge in [0.05, 0.1) is 17.8 Å². The van der Waals surface area contributed by atoms with E-state index in [0.717, 1.165) is 25.7 Å². The number of nitrogens with two attached hydrogens (primary N) is 1. The highest BCUT2D eigenvalue weighted by molar-refractivity contribution is 6.33. The Bertz CT molecular complexity index is 615. The van der Waals surface area contributed by atoms with Gasteiger partial charge in [0, 0.05) is 12.1 Å². The molecule has 1 aliphatic rings. The van der Waals surface area contributed by atoms with E-state index in [2.05, 4.69) is 5.32 Å². The van der Waals surface area contributed by atoms with E-state index in [9.17, 15) is 9.59 Å². The van der Waals surface area contributed by atoms with Crippen molar-refractivity contribution in [1.82, 2.24) is 5.32 Å². The molecule has 24 heavy (non-hydrogen) atoms. The summed E-state index contributed by atoms with van der Waals surface area (Å²) in [7, 11) is 1.42. The summed E-state index contributed by atoms with van der Waals surface area (Å²) in [6.07, 6.45) is 4.46. The molecule has 3 N–H and O–H groups in total. The average Bonchev–Trinajstić information content (AvgIpc) is 2.57. The van der Waals surface area contributed by atoms with E-state index in [1.54, 1.807) is 6.92 Å². The normalized spacial score (nSPS) is 16.3. The van der Waals surface area contributed by atoms with Crippen LogP contribution in [0.25, 0.3) is 0 Å². The zero-order valence-corrected chi connectivity index (χ0v) is 14.7. The van der Waals surface area contributed by atoms with Crippen molar-refractivity contribution in [2.24, 2.45) is 0 Å². The number of methoxy groups -OCH3 is 1. The lowest BCUT2D eigenvalue weighted by molar-refractivity contribution is -0.130. The third-order valence-electron chi connectivity index (χ3n) is 4.14. The number of carbonyl (C=O) groups excluding carboxylic acids is 2. The van der Waals surface area contributed by atoms with E-state index in [4.69, 9.17) is 26.8 Å². The number of rotatable bonds is 5. The molecular formula is C17H23ClN2O4. The minimum Gasteiger partial charge on any atom is -0.496 e. The molecule has 0 spiro atoms. The van der Waals surface area contributed by atoms with E-state index in [1.807, 2.05) is 0 Å². The van der Waals surface area contributed by atoms with Crippen LogP contribution in [0.5, 0.6) is 5.75 Å². The molecule has 0 aromatic heterocycles. The molecule has 1 unspecified atom stereocenters. The quantitative estimate of drug-likeness (QED) is 0.626. The van der Waals surface area contributed by atoms with Crippen LogP contribution < -0.4 is 15.8 Å². The van der Waals surface area contributed by atoms with Crippen LogP contribution in [0.4, 0.5) is 5.69 Å². The van der Waals surface area contributed by atoms with Gasteiger partial charge in [-0.25, -0.2) is 4.79 Å². The van der Waals surface area contributed by atoms with Gasteiger partial charge in [-0.2, -0.15) is 0 Å². The smallest absolute Gasteiger partial charge is 0.342 e. The van der Waals surface area contributed by atoms with Crippen molar-refractivity contribution in [2.75, 3.05) is 12.8 Å². The molecule has 0 heterocycles. The lowest BCUT2D eigenvalue weighted by atomic mass is 9.95. The van der Waals surface area contributed by atoms with E-state index < -0.39 is 12.1 Å². The van der Waals surface area contributed by atoms with Gasteiger partial charge in [-0.05, 0) is 25.8 Å². The van der Waals surface area contributed by atoms with Crippen molar-refractivity contribution in [3.05, 3.63) is 22.7 Å². The van der Waals surface area contributed by atoms with Gasteiger partial charge in [0.15, 0.2) is 6.10 Å². The Hall–Kier alpha value is -1.95. The van der Waals surface area contributed by atoms with Crippen molar-refractivity contribution in [1.29, 1.82) is 0 Å².